The average molecular weight is 279 g/mol. The van der Waals surface area contributed by atoms with Crippen molar-refractivity contribution in [3.05, 3.63) is 29.8 Å². The number of primary amides is 1. The number of carbonyl (C=O) groups excluding carboxylic acids is 2. The zero-order chi connectivity index (χ0) is 15.1. The van der Waals surface area contributed by atoms with E-state index in [0.717, 1.165) is 11.3 Å². The first-order valence-electron chi connectivity index (χ1n) is 6.43. The Labute approximate surface area is 118 Å². The Bertz CT molecular complexity index is 459. The third-order valence-electron chi connectivity index (χ3n) is 2.96. The molecule has 6 nitrogen and oxygen atoms in total. The fraction of sp³-hybridized carbons (Fsp3) is 0.429. The molecule has 20 heavy (non-hydrogen) atoms. The minimum absolute atomic E-state index is 0.141. The predicted molar refractivity (Wildman–Crippen MR) is 75.9 cm³/mol. The monoisotopic (exact) mass is 279 g/mol. The molecule has 0 bridgehead atoms. The number of hydrogen-bond donors (Lipinski definition) is 2. The lowest BCUT2D eigenvalue weighted by atomic mass is 10.1. The van der Waals surface area contributed by atoms with E-state index >= 15 is 0 Å². The van der Waals surface area contributed by atoms with Crippen molar-refractivity contribution >= 4 is 11.8 Å². The van der Waals surface area contributed by atoms with Crippen LogP contribution < -0.4 is 16.2 Å². The summed E-state index contributed by atoms with van der Waals surface area (Å²) in [5.41, 5.74) is 11.7. The van der Waals surface area contributed by atoms with Crippen molar-refractivity contribution in [1.29, 1.82) is 0 Å². The lowest BCUT2D eigenvalue weighted by Crippen LogP contribution is -2.45. The van der Waals surface area contributed by atoms with Gasteiger partial charge in [-0.25, -0.2) is 0 Å². The predicted octanol–water partition coefficient (Wildman–Crippen LogP) is 0.246. The summed E-state index contributed by atoms with van der Waals surface area (Å²) < 4.78 is 5.08. The second kappa shape index (κ2) is 7.49. The zero-order valence-electron chi connectivity index (χ0n) is 11.8. The normalized spacial score (nSPS) is 11.8. The lowest BCUT2D eigenvalue weighted by Gasteiger charge is -2.24. The molecular formula is C14H21N3O3. The van der Waals surface area contributed by atoms with E-state index in [1.54, 1.807) is 12.0 Å². The zero-order valence-corrected chi connectivity index (χ0v) is 11.8. The summed E-state index contributed by atoms with van der Waals surface area (Å²) in [7, 11) is 1.60. The summed E-state index contributed by atoms with van der Waals surface area (Å²) in [6.45, 7) is 2.81. The van der Waals surface area contributed by atoms with Gasteiger partial charge < -0.3 is 21.1 Å². The molecule has 0 aliphatic rings. The van der Waals surface area contributed by atoms with Crippen LogP contribution in [0.25, 0.3) is 0 Å². The molecule has 0 heterocycles. The quantitative estimate of drug-likeness (QED) is 0.747. The van der Waals surface area contributed by atoms with Gasteiger partial charge in [0, 0.05) is 13.1 Å². The van der Waals surface area contributed by atoms with Gasteiger partial charge in [-0.3, -0.25) is 9.59 Å². The van der Waals surface area contributed by atoms with E-state index < -0.39 is 11.9 Å². The minimum atomic E-state index is -0.884. The number of benzene rings is 1. The molecule has 110 valence electrons. The van der Waals surface area contributed by atoms with E-state index in [-0.39, 0.29) is 12.3 Å². The number of nitrogens with zero attached hydrogens (tertiary/aromatic N) is 1. The van der Waals surface area contributed by atoms with Crippen molar-refractivity contribution in [2.24, 2.45) is 11.5 Å². The molecule has 4 N–H and O–H groups in total. The first kappa shape index (κ1) is 16.0. The molecule has 2 amide bonds. The molecule has 1 aromatic carbocycles. The summed E-state index contributed by atoms with van der Waals surface area (Å²) in [6.07, 6.45) is -0.141. The Kier molecular flexibility index (Phi) is 5.99. The standard InChI is InChI=1S/C14H21N3O3/c1-3-17(14(19)12(15)8-13(16)18)9-10-4-6-11(20-2)7-5-10/h4-7,12H,3,8-9,15H2,1-2H3,(H2,16,18). The molecule has 6 heteroatoms. The Balaban J connectivity index is 2.70. The van der Waals surface area contributed by atoms with Crippen LogP contribution in [0.5, 0.6) is 5.75 Å². The molecule has 1 unspecified atom stereocenters. The number of likely N-dealkylation sites (N-methyl/N-ethyl adjacent to an activating group) is 1. The third-order valence-corrected chi connectivity index (χ3v) is 2.96. The van der Waals surface area contributed by atoms with E-state index in [0.29, 0.717) is 13.1 Å². The lowest BCUT2D eigenvalue weighted by molar-refractivity contribution is -0.135. The van der Waals surface area contributed by atoms with Crippen LogP contribution in [0, 0.1) is 0 Å². The van der Waals surface area contributed by atoms with Gasteiger partial charge in [0.25, 0.3) is 0 Å². The van der Waals surface area contributed by atoms with Gasteiger partial charge in [0.15, 0.2) is 0 Å². The molecule has 0 aliphatic carbocycles. The molecule has 0 saturated carbocycles. The number of amides is 2. The highest BCUT2D eigenvalue weighted by Crippen LogP contribution is 2.13. The van der Waals surface area contributed by atoms with Crippen molar-refractivity contribution in [2.45, 2.75) is 25.9 Å². The second-order valence-electron chi connectivity index (χ2n) is 4.48. The van der Waals surface area contributed by atoms with Crippen molar-refractivity contribution in [1.82, 2.24) is 4.90 Å². The Morgan fingerprint density at radius 3 is 2.35 bits per heavy atom. The number of nitrogens with two attached hydrogens (primary N) is 2. The van der Waals surface area contributed by atoms with Crippen molar-refractivity contribution in [3.63, 3.8) is 0 Å². The first-order valence-corrected chi connectivity index (χ1v) is 6.43. The molecular weight excluding hydrogens is 258 g/mol. The molecule has 1 atom stereocenters. The van der Waals surface area contributed by atoms with Crippen LogP contribution in [-0.2, 0) is 16.1 Å². The summed E-state index contributed by atoms with van der Waals surface area (Å²) >= 11 is 0. The number of hydrogen-bond acceptors (Lipinski definition) is 4. The maximum absolute atomic E-state index is 12.1. The summed E-state index contributed by atoms with van der Waals surface area (Å²) in [5.74, 6) is -0.0953. The molecule has 1 aromatic rings. The molecule has 0 fully saturated rings. The van der Waals surface area contributed by atoms with Gasteiger partial charge in [0.1, 0.15) is 5.75 Å². The highest BCUT2D eigenvalue weighted by atomic mass is 16.5. The Hall–Kier alpha value is -2.08. The highest BCUT2D eigenvalue weighted by molar-refractivity contribution is 5.87. The minimum Gasteiger partial charge on any atom is -0.497 e. The first-order chi connectivity index (χ1) is 9.47. The van der Waals surface area contributed by atoms with E-state index in [1.807, 2.05) is 31.2 Å². The molecule has 1 rings (SSSR count). The van der Waals surface area contributed by atoms with Crippen molar-refractivity contribution in [2.75, 3.05) is 13.7 Å². The second-order valence-corrected chi connectivity index (χ2v) is 4.48. The molecule has 0 saturated heterocycles. The summed E-state index contributed by atoms with van der Waals surface area (Å²) in [5, 5.41) is 0. The number of carbonyl (C=O) groups is 2. The van der Waals surface area contributed by atoms with Crippen LogP contribution in [-0.4, -0.2) is 36.4 Å². The fourth-order valence-corrected chi connectivity index (χ4v) is 1.84. The van der Waals surface area contributed by atoms with Crippen LogP contribution in [0.4, 0.5) is 0 Å². The average Bonchev–Trinajstić information content (AvgIpc) is 2.44. The molecule has 0 radical (unpaired) electrons. The van der Waals surface area contributed by atoms with Gasteiger partial charge in [-0.05, 0) is 24.6 Å². The van der Waals surface area contributed by atoms with E-state index in [1.165, 1.54) is 0 Å². The molecule has 0 aliphatic heterocycles. The Morgan fingerprint density at radius 1 is 1.30 bits per heavy atom. The maximum Gasteiger partial charge on any atom is 0.240 e. The van der Waals surface area contributed by atoms with Crippen LogP contribution >= 0.6 is 0 Å². The number of ether oxygens (including phenoxy) is 1. The van der Waals surface area contributed by atoms with Gasteiger partial charge in [-0.2, -0.15) is 0 Å². The smallest absolute Gasteiger partial charge is 0.240 e. The van der Waals surface area contributed by atoms with Gasteiger partial charge in [-0.15, -0.1) is 0 Å². The largest absolute Gasteiger partial charge is 0.497 e. The van der Waals surface area contributed by atoms with E-state index in [4.69, 9.17) is 16.2 Å². The summed E-state index contributed by atoms with van der Waals surface area (Å²) in [4.78, 5) is 24.5. The third kappa shape index (κ3) is 4.55. The van der Waals surface area contributed by atoms with Gasteiger partial charge >= 0.3 is 0 Å². The number of rotatable bonds is 7. The van der Waals surface area contributed by atoms with Crippen molar-refractivity contribution < 1.29 is 14.3 Å². The summed E-state index contributed by atoms with van der Waals surface area (Å²) in [6, 6.07) is 6.54. The van der Waals surface area contributed by atoms with Crippen LogP contribution in [0.3, 0.4) is 0 Å². The van der Waals surface area contributed by atoms with E-state index in [9.17, 15) is 9.59 Å². The fourth-order valence-electron chi connectivity index (χ4n) is 1.84. The van der Waals surface area contributed by atoms with Crippen LogP contribution in [0.2, 0.25) is 0 Å². The van der Waals surface area contributed by atoms with E-state index in [2.05, 4.69) is 0 Å². The SMILES string of the molecule is CCN(Cc1ccc(OC)cc1)C(=O)C(N)CC(N)=O. The van der Waals surface area contributed by atoms with Gasteiger partial charge in [0.05, 0.1) is 19.6 Å². The molecule has 0 aromatic heterocycles. The van der Waals surface area contributed by atoms with Crippen LogP contribution in [0.15, 0.2) is 24.3 Å². The van der Waals surface area contributed by atoms with Gasteiger partial charge in [-0.1, -0.05) is 12.1 Å². The molecule has 0 spiro atoms. The number of methoxy groups -OCH3 is 1. The maximum atomic E-state index is 12.1. The topological polar surface area (TPSA) is 98.7 Å². The van der Waals surface area contributed by atoms with Gasteiger partial charge in [0.2, 0.25) is 11.8 Å². The Morgan fingerprint density at radius 2 is 1.90 bits per heavy atom. The van der Waals surface area contributed by atoms with Crippen LogP contribution in [0.1, 0.15) is 18.9 Å². The highest BCUT2D eigenvalue weighted by Gasteiger charge is 2.21. The van der Waals surface area contributed by atoms with Crippen molar-refractivity contribution in [3.8, 4) is 5.75 Å².